The lowest BCUT2D eigenvalue weighted by molar-refractivity contribution is -0.135. The van der Waals surface area contributed by atoms with E-state index in [2.05, 4.69) is 15.0 Å². The van der Waals surface area contributed by atoms with Crippen molar-refractivity contribution in [1.29, 1.82) is 5.26 Å². The summed E-state index contributed by atoms with van der Waals surface area (Å²) in [7, 11) is 1.25. The van der Waals surface area contributed by atoms with E-state index in [0.29, 0.717) is 30.6 Å². The van der Waals surface area contributed by atoms with Gasteiger partial charge in [-0.05, 0) is 11.6 Å². The van der Waals surface area contributed by atoms with Gasteiger partial charge in [0.15, 0.2) is 5.57 Å². The van der Waals surface area contributed by atoms with Crippen LogP contribution in [0.4, 0.5) is 0 Å². The first-order valence-electron chi connectivity index (χ1n) is 5.97. The molecule has 0 amide bonds. The molecule has 1 N–H and O–H groups in total. The van der Waals surface area contributed by atoms with Crippen molar-refractivity contribution in [2.45, 2.75) is 6.54 Å². The molecule has 0 aliphatic carbocycles. The van der Waals surface area contributed by atoms with Crippen molar-refractivity contribution < 1.29 is 9.53 Å². The molecule has 0 aromatic carbocycles. The number of methoxy groups -OCH3 is 1. The molecule has 0 spiro atoms. The lowest BCUT2D eigenvalue weighted by Gasteiger charge is -2.19. The summed E-state index contributed by atoms with van der Waals surface area (Å²) in [6.45, 7) is 1.90. The molecule has 0 radical (unpaired) electrons. The second kappa shape index (κ2) is 6.26. The molecular weight excluding hydrogens is 280 g/mol. The second-order valence-corrected chi connectivity index (χ2v) is 4.55. The van der Waals surface area contributed by atoms with Crippen molar-refractivity contribution >= 4 is 17.6 Å². The largest absolute Gasteiger partial charge is 0.465 e. The molecule has 1 aliphatic rings. The van der Waals surface area contributed by atoms with Crippen LogP contribution >= 0.6 is 11.6 Å². The highest BCUT2D eigenvalue weighted by molar-refractivity contribution is 6.29. The summed E-state index contributed by atoms with van der Waals surface area (Å²) in [5.74, 6) is -0.148. The minimum atomic E-state index is -0.642. The number of nitrogens with one attached hydrogen (secondary N) is 1. The van der Waals surface area contributed by atoms with Gasteiger partial charge in [0.1, 0.15) is 17.0 Å². The number of esters is 1. The van der Waals surface area contributed by atoms with E-state index in [1.54, 1.807) is 12.3 Å². The maximum Gasteiger partial charge on any atom is 0.352 e. The minimum absolute atomic E-state index is 0.0214. The molecule has 0 unspecified atom stereocenters. The van der Waals surface area contributed by atoms with Gasteiger partial charge < -0.3 is 15.0 Å². The highest BCUT2D eigenvalue weighted by atomic mass is 35.5. The Morgan fingerprint density at radius 1 is 1.65 bits per heavy atom. The molecule has 1 saturated heterocycles. The van der Waals surface area contributed by atoms with Gasteiger partial charge in [-0.1, -0.05) is 17.7 Å². The fourth-order valence-electron chi connectivity index (χ4n) is 1.96. The van der Waals surface area contributed by atoms with Crippen molar-refractivity contribution in [3.8, 4) is 6.07 Å². The van der Waals surface area contributed by atoms with Gasteiger partial charge in [0, 0.05) is 25.8 Å². The van der Waals surface area contributed by atoms with E-state index in [9.17, 15) is 4.79 Å². The third-order valence-corrected chi connectivity index (χ3v) is 3.11. The number of halogens is 1. The Kier molecular flexibility index (Phi) is 4.43. The van der Waals surface area contributed by atoms with Crippen LogP contribution < -0.4 is 5.32 Å². The summed E-state index contributed by atoms with van der Waals surface area (Å²) in [6, 6.07) is 5.44. The first-order valence-corrected chi connectivity index (χ1v) is 6.35. The predicted octanol–water partition coefficient (Wildman–Crippen LogP) is 1.05. The van der Waals surface area contributed by atoms with Gasteiger partial charge >= 0.3 is 5.97 Å². The third-order valence-electron chi connectivity index (χ3n) is 2.89. The van der Waals surface area contributed by atoms with E-state index >= 15 is 0 Å². The van der Waals surface area contributed by atoms with Gasteiger partial charge in [0.25, 0.3) is 0 Å². The Balaban J connectivity index is 2.23. The van der Waals surface area contributed by atoms with Crippen molar-refractivity contribution in [1.82, 2.24) is 15.2 Å². The topological polar surface area (TPSA) is 78.2 Å². The zero-order valence-corrected chi connectivity index (χ0v) is 11.6. The molecule has 2 rings (SSSR count). The Hall–Kier alpha value is -2.26. The molecule has 7 heteroatoms. The number of nitriles is 1. The maximum atomic E-state index is 11.6. The molecule has 1 fully saturated rings. The zero-order chi connectivity index (χ0) is 14.5. The molecular formula is C13H13ClN4O2. The van der Waals surface area contributed by atoms with E-state index in [4.69, 9.17) is 16.9 Å². The Morgan fingerprint density at radius 3 is 3.05 bits per heavy atom. The summed E-state index contributed by atoms with van der Waals surface area (Å²) in [4.78, 5) is 17.5. The summed E-state index contributed by atoms with van der Waals surface area (Å²) < 4.78 is 4.61. The molecule has 1 aliphatic heterocycles. The van der Waals surface area contributed by atoms with Crippen LogP contribution in [0.2, 0.25) is 5.15 Å². The van der Waals surface area contributed by atoms with Crippen LogP contribution in [0.3, 0.4) is 0 Å². The average Bonchev–Trinajstić information content (AvgIpc) is 2.90. The number of pyridine rings is 1. The highest BCUT2D eigenvalue weighted by Gasteiger charge is 2.25. The molecule has 6 nitrogen and oxygen atoms in total. The van der Waals surface area contributed by atoms with Crippen molar-refractivity contribution in [2.75, 3.05) is 20.2 Å². The maximum absolute atomic E-state index is 11.6. The van der Waals surface area contributed by atoms with E-state index in [0.717, 1.165) is 5.56 Å². The standard InChI is InChI=1S/C13H13ClN4O2/c1-20-13(19)10(6-15)12-16-4-5-18(12)8-9-2-3-11(14)17-7-9/h2-3,7,16H,4-5,8H2,1H3. The molecule has 104 valence electrons. The first kappa shape index (κ1) is 14.2. The van der Waals surface area contributed by atoms with E-state index < -0.39 is 5.97 Å². The number of aromatic nitrogens is 1. The number of carbonyl (C=O) groups is 1. The van der Waals surface area contributed by atoms with Crippen LogP contribution in [-0.2, 0) is 16.1 Å². The van der Waals surface area contributed by atoms with Crippen LogP contribution in [0.5, 0.6) is 0 Å². The number of rotatable bonds is 3. The summed E-state index contributed by atoms with van der Waals surface area (Å²) in [5, 5.41) is 12.6. The van der Waals surface area contributed by atoms with Gasteiger partial charge in [-0.15, -0.1) is 0 Å². The Morgan fingerprint density at radius 2 is 2.45 bits per heavy atom. The van der Waals surface area contributed by atoms with Gasteiger partial charge in [0.2, 0.25) is 0 Å². The normalized spacial score (nSPS) is 16.4. The van der Waals surface area contributed by atoms with Crippen LogP contribution in [-0.4, -0.2) is 36.1 Å². The molecule has 0 saturated carbocycles. The number of nitrogens with zero attached hydrogens (tertiary/aromatic N) is 3. The van der Waals surface area contributed by atoms with Gasteiger partial charge in [-0.3, -0.25) is 0 Å². The summed E-state index contributed by atoms with van der Waals surface area (Å²) in [6.07, 6.45) is 1.67. The molecule has 1 aromatic heterocycles. The van der Waals surface area contributed by atoms with Crippen molar-refractivity contribution in [2.24, 2.45) is 0 Å². The number of carbonyl (C=O) groups excluding carboxylic acids is 1. The Labute approximate surface area is 121 Å². The first-order chi connectivity index (χ1) is 9.65. The predicted molar refractivity (Wildman–Crippen MR) is 72.3 cm³/mol. The van der Waals surface area contributed by atoms with Gasteiger partial charge in [-0.25, -0.2) is 9.78 Å². The van der Waals surface area contributed by atoms with E-state index in [-0.39, 0.29) is 5.57 Å². The number of ether oxygens (including phenoxy) is 1. The van der Waals surface area contributed by atoms with Crippen molar-refractivity contribution in [3.63, 3.8) is 0 Å². The zero-order valence-electron chi connectivity index (χ0n) is 10.9. The Bertz CT molecular complexity index is 577. The SMILES string of the molecule is COC(=O)C(C#N)=C1NCCN1Cc1ccc(Cl)nc1. The van der Waals surface area contributed by atoms with E-state index in [1.165, 1.54) is 7.11 Å². The minimum Gasteiger partial charge on any atom is -0.465 e. The number of hydrogen-bond donors (Lipinski definition) is 1. The monoisotopic (exact) mass is 292 g/mol. The van der Waals surface area contributed by atoms with Crippen LogP contribution in [0.25, 0.3) is 0 Å². The molecule has 0 atom stereocenters. The smallest absolute Gasteiger partial charge is 0.352 e. The van der Waals surface area contributed by atoms with Gasteiger partial charge in [-0.2, -0.15) is 5.26 Å². The van der Waals surface area contributed by atoms with E-state index in [1.807, 2.05) is 17.0 Å². The van der Waals surface area contributed by atoms with Crippen molar-refractivity contribution in [3.05, 3.63) is 40.4 Å². The lowest BCUT2D eigenvalue weighted by Crippen LogP contribution is -2.24. The van der Waals surface area contributed by atoms with Gasteiger partial charge in [0.05, 0.1) is 7.11 Å². The molecule has 0 bridgehead atoms. The average molecular weight is 293 g/mol. The fraction of sp³-hybridized carbons (Fsp3) is 0.308. The van der Waals surface area contributed by atoms with Crippen LogP contribution in [0.15, 0.2) is 29.7 Å². The quantitative estimate of drug-likeness (QED) is 0.388. The lowest BCUT2D eigenvalue weighted by atomic mass is 10.2. The number of hydrogen-bond acceptors (Lipinski definition) is 6. The summed E-state index contributed by atoms with van der Waals surface area (Å²) >= 11 is 5.74. The molecule has 2 heterocycles. The van der Waals surface area contributed by atoms with Crippen LogP contribution in [0, 0.1) is 11.3 Å². The molecule has 1 aromatic rings. The fourth-order valence-corrected chi connectivity index (χ4v) is 2.07. The highest BCUT2D eigenvalue weighted by Crippen LogP contribution is 2.17. The summed E-state index contributed by atoms with van der Waals surface area (Å²) in [5.41, 5.74) is 0.921. The second-order valence-electron chi connectivity index (χ2n) is 4.16. The molecule has 20 heavy (non-hydrogen) atoms. The van der Waals surface area contributed by atoms with Crippen LogP contribution in [0.1, 0.15) is 5.56 Å². The third kappa shape index (κ3) is 3.00.